The standard InChI is InChI=1S/C13H16BrNO/c1-9-11-8-10(14)5-6-13(11)16-12(9)4-2-3-7-15/h5-6,8H,2-4,7,15H2,1H3. The van der Waals surface area contributed by atoms with Crippen LogP contribution in [0.1, 0.15) is 24.2 Å². The molecule has 2 nitrogen and oxygen atoms in total. The summed E-state index contributed by atoms with van der Waals surface area (Å²) in [6.45, 7) is 2.88. The Morgan fingerprint density at radius 3 is 2.88 bits per heavy atom. The molecule has 0 spiro atoms. The van der Waals surface area contributed by atoms with E-state index in [2.05, 4.69) is 28.9 Å². The number of benzene rings is 1. The van der Waals surface area contributed by atoms with Gasteiger partial charge in [0.25, 0.3) is 0 Å². The largest absolute Gasteiger partial charge is 0.461 e. The lowest BCUT2D eigenvalue weighted by Gasteiger charge is -1.97. The van der Waals surface area contributed by atoms with Gasteiger partial charge in [0.15, 0.2) is 0 Å². The average molecular weight is 282 g/mol. The van der Waals surface area contributed by atoms with Gasteiger partial charge in [-0.2, -0.15) is 0 Å². The van der Waals surface area contributed by atoms with Crippen LogP contribution in [0.5, 0.6) is 0 Å². The number of fused-ring (bicyclic) bond motifs is 1. The molecule has 0 atom stereocenters. The fourth-order valence-corrected chi connectivity index (χ4v) is 2.27. The SMILES string of the molecule is Cc1c(CCCCN)oc2ccc(Br)cc12. The van der Waals surface area contributed by atoms with Gasteiger partial charge < -0.3 is 10.2 Å². The molecule has 0 bridgehead atoms. The molecule has 1 heterocycles. The minimum atomic E-state index is 0.755. The number of aryl methyl sites for hydroxylation is 2. The Bertz CT molecular complexity index is 490. The van der Waals surface area contributed by atoms with Crippen LogP contribution in [0, 0.1) is 6.92 Å². The first-order valence-electron chi connectivity index (χ1n) is 5.60. The first-order valence-corrected chi connectivity index (χ1v) is 6.39. The molecule has 1 aromatic heterocycles. The fourth-order valence-electron chi connectivity index (χ4n) is 1.91. The van der Waals surface area contributed by atoms with Crippen molar-refractivity contribution < 1.29 is 4.42 Å². The zero-order valence-corrected chi connectivity index (χ0v) is 11.0. The van der Waals surface area contributed by atoms with Gasteiger partial charge in [-0.3, -0.25) is 0 Å². The number of rotatable bonds is 4. The normalized spacial score (nSPS) is 11.2. The number of hydrogen-bond donors (Lipinski definition) is 1. The second-order valence-electron chi connectivity index (χ2n) is 4.04. The van der Waals surface area contributed by atoms with Crippen molar-refractivity contribution in [1.82, 2.24) is 0 Å². The van der Waals surface area contributed by atoms with Gasteiger partial charge in [-0.15, -0.1) is 0 Å². The third-order valence-corrected chi connectivity index (χ3v) is 3.35. The Morgan fingerprint density at radius 1 is 1.31 bits per heavy atom. The van der Waals surface area contributed by atoms with Crippen LogP contribution in [-0.4, -0.2) is 6.54 Å². The lowest BCUT2D eigenvalue weighted by molar-refractivity contribution is 0.530. The van der Waals surface area contributed by atoms with Gasteiger partial charge in [-0.25, -0.2) is 0 Å². The molecule has 0 unspecified atom stereocenters. The van der Waals surface area contributed by atoms with E-state index in [1.807, 2.05) is 12.1 Å². The molecular weight excluding hydrogens is 266 g/mol. The van der Waals surface area contributed by atoms with Crippen molar-refractivity contribution in [2.45, 2.75) is 26.2 Å². The van der Waals surface area contributed by atoms with Gasteiger partial charge >= 0.3 is 0 Å². The number of nitrogens with two attached hydrogens (primary N) is 1. The third-order valence-electron chi connectivity index (χ3n) is 2.85. The van der Waals surface area contributed by atoms with Crippen LogP contribution < -0.4 is 5.73 Å². The smallest absolute Gasteiger partial charge is 0.134 e. The lowest BCUT2D eigenvalue weighted by Crippen LogP contribution is -1.98. The molecule has 1 aromatic carbocycles. The Kier molecular flexibility index (Phi) is 3.66. The summed E-state index contributed by atoms with van der Waals surface area (Å²) in [7, 11) is 0. The highest BCUT2D eigenvalue weighted by atomic mass is 79.9. The highest BCUT2D eigenvalue weighted by molar-refractivity contribution is 9.10. The van der Waals surface area contributed by atoms with E-state index in [4.69, 9.17) is 10.2 Å². The second kappa shape index (κ2) is 5.02. The number of hydrogen-bond acceptors (Lipinski definition) is 2. The molecular formula is C13H16BrNO. The van der Waals surface area contributed by atoms with Crippen molar-refractivity contribution in [3.63, 3.8) is 0 Å². The van der Waals surface area contributed by atoms with Crippen LogP contribution in [0.2, 0.25) is 0 Å². The van der Waals surface area contributed by atoms with E-state index in [1.54, 1.807) is 0 Å². The van der Waals surface area contributed by atoms with E-state index in [-0.39, 0.29) is 0 Å². The lowest BCUT2D eigenvalue weighted by atomic mass is 10.1. The van der Waals surface area contributed by atoms with Crippen molar-refractivity contribution in [1.29, 1.82) is 0 Å². The summed E-state index contributed by atoms with van der Waals surface area (Å²) < 4.78 is 6.93. The fraction of sp³-hybridized carbons (Fsp3) is 0.385. The summed E-state index contributed by atoms with van der Waals surface area (Å²) in [5, 5.41) is 1.21. The molecule has 2 rings (SSSR count). The van der Waals surface area contributed by atoms with Crippen LogP contribution in [0.4, 0.5) is 0 Å². The van der Waals surface area contributed by atoms with E-state index >= 15 is 0 Å². The van der Waals surface area contributed by atoms with Crippen molar-refractivity contribution in [3.8, 4) is 0 Å². The van der Waals surface area contributed by atoms with Crippen LogP contribution in [0.3, 0.4) is 0 Å². The van der Waals surface area contributed by atoms with Gasteiger partial charge in [-0.1, -0.05) is 15.9 Å². The monoisotopic (exact) mass is 281 g/mol. The molecule has 0 fully saturated rings. The van der Waals surface area contributed by atoms with Crippen LogP contribution in [-0.2, 0) is 6.42 Å². The second-order valence-corrected chi connectivity index (χ2v) is 4.95. The molecule has 3 heteroatoms. The Balaban J connectivity index is 2.29. The molecule has 86 valence electrons. The molecule has 0 aliphatic carbocycles. The summed E-state index contributed by atoms with van der Waals surface area (Å²) in [5.74, 6) is 1.10. The maximum absolute atomic E-state index is 5.84. The highest BCUT2D eigenvalue weighted by Crippen LogP contribution is 2.28. The quantitative estimate of drug-likeness (QED) is 0.867. The summed E-state index contributed by atoms with van der Waals surface area (Å²) in [6.07, 6.45) is 3.13. The Morgan fingerprint density at radius 2 is 2.12 bits per heavy atom. The van der Waals surface area contributed by atoms with E-state index in [1.165, 1.54) is 10.9 Å². The zero-order valence-electron chi connectivity index (χ0n) is 9.42. The van der Waals surface area contributed by atoms with E-state index in [9.17, 15) is 0 Å². The molecule has 0 saturated carbocycles. The van der Waals surface area contributed by atoms with E-state index in [0.717, 1.165) is 41.6 Å². The Labute approximate surface area is 104 Å². The summed E-state index contributed by atoms with van der Waals surface area (Å²) in [4.78, 5) is 0. The van der Waals surface area contributed by atoms with Gasteiger partial charge in [0.2, 0.25) is 0 Å². The molecule has 0 aliphatic heterocycles. The summed E-state index contributed by atoms with van der Waals surface area (Å²) in [5.41, 5.74) is 7.72. The molecule has 0 amide bonds. The summed E-state index contributed by atoms with van der Waals surface area (Å²) in [6, 6.07) is 6.13. The maximum atomic E-state index is 5.84. The van der Waals surface area contributed by atoms with Crippen molar-refractivity contribution in [2.75, 3.05) is 6.54 Å². The van der Waals surface area contributed by atoms with Crippen LogP contribution >= 0.6 is 15.9 Å². The number of unbranched alkanes of at least 4 members (excludes halogenated alkanes) is 1. The first-order chi connectivity index (χ1) is 7.72. The average Bonchev–Trinajstić information content (AvgIpc) is 2.57. The van der Waals surface area contributed by atoms with E-state index in [0.29, 0.717) is 0 Å². The van der Waals surface area contributed by atoms with Crippen molar-refractivity contribution >= 4 is 26.9 Å². The molecule has 0 saturated heterocycles. The van der Waals surface area contributed by atoms with E-state index < -0.39 is 0 Å². The predicted octanol–water partition coefficient (Wildman–Crippen LogP) is 3.79. The molecule has 0 aliphatic rings. The molecule has 0 radical (unpaired) electrons. The van der Waals surface area contributed by atoms with Gasteiger partial charge in [0, 0.05) is 16.3 Å². The molecule has 2 aromatic rings. The van der Waals surface area contributed by atoms with Crippen molar-refractivity contribution in [3.05, 3.63) is 34.0 Å². The van der Waals surface area contributed by atoms with Gasteiger partial charge in [0.1, 0.15) is 11.3 Å². The van der Waals surface area contributed by atoms with Crippen LogP contribution in [0.25, 0.3) is 11.0 Å². The minimum Gasteiger partial charge on any atom is -0.461 e. The zero-order chi connectivity index (χ0) is 11.5. The topological polar surface area (TPSA) is 39.2 Å². The van der Waals surface area contributed by atoms with Gasteiger partial charge in [0.05, 0.1) is 0 Å². The number of halogens is 1. The Hall–Kier alpha value is -0.800. The van der Waals surface area contributed by atoms with Gasteiger partial charge in [-0.05, 0) is 50.1 Å². The minimum absolute atomic E-state index is 0.755. The predicted molar refractivity (Wildman–Crippen MR) is 70.6 cm³/mol. The summed E-state index contributed by atoms with van der Waals surface area (Å²) >= 11 is 3.48. The molecule has 16 heavy (non-hydrogen) atoms. The third kappa shape index (κ3) is 2.30. The first kappa shape index (κ1) is 11.7. The number of furan rings is 1. The van der Waals surface area contributed by atoms with Crippen LogP contribution in [0.15, 0.2) is 27.1 Å². The highest BCUT2D eigenvalue weighted by Gasteiger charge is 2.09. The molecule has 2 N–H and O–H groups in total. The van der Waals surface area contributed by atoms with Crippen molar-refractivity contribution in [2.24, 2.45) is 5.73 Å². The maximum Gasteiger partial charge on any atom is 0.134 e.